The van der Waals surface area contributed by atoms with E-state index in [1.807, 2.05) is 6.92 Å². The minimum absolute atomic E-state index is 0.0172. The molecule has 4 heteroatoms. The number of ketones is 1. The van der Waals surface area contributed by atoms with Crippen molar-refractivity contribution < 1.29 is 9.59 Å². The fourth-order valence-corrected chi connectivity index (χ4v) is 1.15. The maximum absolute atomic E-state index is 11.5. The van der Waals surface area contributed by atoms with E-state index in [0.717, 1.165) is 0 Å². The molecule has 16 heavy (non-hydrogen) atoms. The molecule has 1 aromatic carbocycles. The van der Waals surface area contributed by atoms with Crippen molar-refractivity contribution in [3.8, 4) is 0 Å². The van der Waals surface area contributed by atoms with Crippen molar-refractivity contribution in [2.75, 3.05) is 18.9 Å². The molecule has 1 rings (SSSR count). The van der Waals surface area contributed by atoms with Gasteiger partial charge in [-0.3, -0.25) is 4.79 Å². The predicted octanol–water partition coefficient (Wildman–Crippen LogP) is 2.37. The highest BCUT2D eigenvalue weighted by molar-refractivity contribution is 5.95. The number of amides is 2. The molecule has 0 radical (unpaired) electrons. The number of nitrogens with one attached hydrogen (secondary N) is 1. The molecule has 1 aromatic rings. The van der Waals surface area contributed by atoms with Gasteiger partial charge in [-0.15, -0.1) is 0 Å². The molecule has 4 nitrogen and oxygen atoms in total. The zero-order valence-electron chi connectivity index (χ0n) is 9.78. The second-order valence-electron chi connectivity index (χ2n) is 3.58. The highest BCUT2D eigenvalue weighted by Crippen LogP contribution is 2.10. The van der Waals surface area contributed by atoms with Crippen molar-refractivity contribution in [1.29, 1.82) is 0 Å². The molecule has 1 N–H and O–H groups in total. The Morgan fingerprint density at radius 3 is 2.25 bits per heavy atom. The summed E-state index contributed by atoms with van der Waals surface area (Å²) in [5.41, 5.74) is 1.33. The molecule has 0 bridgehead atoms. The number of nitrogens with zero attached hydrogens (tertiary/aromatic N) is 1. The van der Waals surface area contributed by atoms with Gasteiger partial charge in [0.25, 0.3) is 0 Å². The van der Waals surface area contributed by atoms with Gasteiger partial charge >= 0.3 is 6.03 Å². The third kappa shape index (κ3) is 3.08. The average Bonchev–Trinajstić information content (AvgIpc) is 2.28. The molecule has 0 aliphatic heterocycles. The van der Waals surface area contributed by atoms with Gasteiger partial charge in [0.1, 0.15) is 0 Å². The van der Waals surface area contributed by atoms with E-state index >= 15 is 0 Å². The Balaban J connectivity index is 2.69. The summed E-state index contributed by atoms with van der Waals surface area (Å²) in [4.78, 5) is 24.1. The highest BCUT2D eigenvalue weighted by Gasteiger charge is 2.06. The molecule has 0 aliphatic rings. The number of rotatable bonds is 3. The molecule has 0 aromatic heterocycles. The van der Waals surface area contributed by atoms with Crippen LogP contribution >= 0.6 is 0 Å². The number of carbonyl (C=O) groups is 2. The highest BCUT2D eigenvalue weighted by atomic mass is 16.2. The Labute approximate surface area is 95.3 Å². The topological polar surface area (TPSA) is 49.4 Å². The van der Waals surface area contributed by atoms with Gasteiger partial charge in [-0.1, -0.05) is 0 Å². The molecule has 0 unspecified atom stereocenters. The first kappa shape index (κ1) is 12.2. The second kappa shape index (κ2) is 5.30. The van der Waals surface area contributed by atoms with E-state index in [0.29, 0.717) is 17.8 Å². The largest absolute Gasteiger partial charge is 0.328 e. The summed E-state index contributed by atoms with van der Waals surface area (Å²) in [6, 6.07) is 6.68. The van der Waals surface area contributed by atoms with Gasteiger partial charge in [-0.2, -0.15) is 0 Å². The Bertz CT molecular complexity index is 385. The van der Waals surface area contributed by atoms with Crippen LogP contribution in [0.2, 0.25) is 0 Å². The van der Waals surface area contributed by atoms with Crippen molar-refractivity contribution >= 4 is 17.5 Å². The molecular weight excluding hydrogens is 204 g/mol. The number of Topliss-reactive ketones (excluding diaryl/α,β-unsaturated/α-hetero) is 1. The first-order valence-electron chi connectivity index (χ1n) is 5.17. The van der Waals surface area contributed by atoms with Crippen LogP contribution in [0.3, 0.4) is 0 Å². The summed E-state index contributed by atoms with van der Waals surface area (Å²) in [7, 11) is 1.72. The van der Waals surface area contributed by atoms with Crippen LogP contribution in [-0.4, -0.2) is 30.3 Å². The monoisotopic (exact) mass is 220 g/mol. The SMILES string of the molecule is CCN(C)C(=O)Nc1ccc(C(C)=O)cc1. The van der Waals surface area contributed by atoms with E-state index in [9.17, 15) is 9.59 Å². The number of anilines is 1. The lowest BCUT2D eigenvalue weighted by Gasteiger charge is -2.15. The van der Waals surface area contributed by atoms with Gasteiger partial charge < -0.3 is 10.2 Å². The van der Waals surface area contributed by atoms with Crippen molar-refractivity contribution in [1.82, 2.24) is 4.90 Å². The van der Waals surface area contributed by atoms with Crippen LogP contribution in [0.15, 0.2) is 24.3 Å². The number of hydrogen-bond acceptors (Lipinski definition) is 2. The molecule has 0 fully saturated rings. The van der Waals surface area contributed by atoms with E-state index in [1.165, 1.54) is 6.92 Å². The van der Waals surface area contributed by atoms with Crippen molar-refractivity contribution in [2.45, 2.75) is 13.8 Å². The van der Waals surface area contributed by atoms with Crippen LogP contribution in [0.5, 0.6) is 0 Å². The van der Waals surface area contributed by atoms with E-state index < -0.39 is 0 Å². The Morgan fingerprint density at radius 1 is 1.25 bits per heavy atom. The van der Waals surface area contributed by atoms with Crippen LogP contribution < -0.4 is 5.32 Å². The summed E-state index contributed by atoms with van der Waals surface area (Å²) in [6.45, 7) is 4.06. The Morgan fingerprint density at radius 2 is 1.81 bits per heavy atom. The summed E-state index contributed by atoms with van der Waals surface area (Å²) in [6.07, 6.45) is 0. The number of hydrogen-bond donors (Lipinski definition) is 1. The number of carbonyl (C=O) groups excluding carboxylic acids is 2. The quantitative estimate of drug-likeness (QED) is 0.795. The predicted molar refractivity (Wildman–Crippen MR) is 63.8 cm³/mol. The van der Waals surface area contributed by atoms with E-state index in [-0.39, 0.29) is 11.8 Å². The van der Waals surface area contributed by atoms with Crippen LogP contribution in [0, 0.1) is 0 Å². The lowest BCUT2D eigenvalue weighted by atomic mass is 10.1. The summed E-state index contributed by atoms with van der Waals surface area (Å²) >= 11 is 0. The second-order valence-corrected chi connectivity index (χ2v) is 3.58. The standard InChI is InChI=1S/C12H16N2O2/c1-4-14(3)12(16)13-11-7-5-10(6-8-11)9(2)15/h5-8H,4H2,1-3H3,(H,13,16). The van der Waals surface area contributed by atoms with Gasteiger partial charge in [0.05, 0.1) is 0 Å². The molecule has 0 aliphatic carbocycles. The maximum Gasteiger partial charge on any atom is 0.321 e. The van der Waals surface area contributed by atoms with Crippen LogP contribution in [0.4, 0.5) is 10.5 Å². The van der Waals surface area contributed by atoms with Gasteiger partial charge in [0.15, 0.2) is 5.78 Å². The van der Waals surface area contributed by atoms with Gasteiger partial charge in [-0.05, 0) is 38.1 Å². The van der Waals surface area contributed by atoms with Crippen LogP contribution in [-0.2, 0) is 0 Å². The lowest BCUT2D eigenvalue weighted by Crippen LogP contribution is -2.30. The zero-order valence-corrected chi connectivity index (χ0v) is 9.78. The Kier molecular flexibility index (Phi) is 4.05. The molecular formula is C12H16N2O2. The molecule has 0 heterocycles. The maximum atomic E-state index is 11.5. The number of urea groups is 1. The van der Waals surface area contributed by atoms with Crippen LogP contribution in [0.25, 0.3) is 0 Å². The van der Waals surface area contributed by atoms with Gasteiger partial charge in [0.2, 0.25) is 0 Å². The minimum atomic E-state index is -0.155. The van der Waals surface area contributed by atoms with Gasteiger partial charge in [-0.25, -0.2) is 4.79 Å². The molecule has 0 saturated heterocycles. The fourth-order valence-electron chi connectivity index (χ4n) is 1.15. The Hall–Kier alpha value is -1.84. The first-order chi connectivity index (χ1) is 7.54. The normalized spacial score (nSPS) is 9.69. The number of benzene rings is 1. The minimum Gasteiger partial charge on any atom is -0.328 e. The third-order valence-electron chi connectivity index (χ3n) is 2.36. The van der Waals surface area contributed by atoms with Crippen LogP contribution in [0.1, 0.15) is 24.2 Å². The third-order valence-corrected chi connectivity index (χ3v) is 2.36. The summed E-state index contributed by atoms with van der Waals surface area (Å²) in [5.74, 6) is 0.0172. The molecule has 0 atom stereocenters. The summed E-state index contributed by atoms with van der Waals surface area (Å²) in [5, 5.41) is 2.73. The van der Waals surface area contributed by atoms with Crippen molar-refractivity contribution in [3.63, 3.8) is 0 Å². The first-order valence-corrected chi connectivity index (χ1v) is 5.17. The molecule has 2 amide bonds. The van der Waals surface area contributed by atoms with E-state index in [4.69, 9.17) is 0 Å². The average molecular weight is 220 g/mol. The summed E-state index contributed by atoms with van der Waals surface area (Å²) < 4.78 is 0. The smallest absolute Gasteiger partial charge is 0.321 e. The fraction of sp³-hybridized carbons (Fsp3) is 0.333. The zero-order chi connectivity index (χ0) is 12.1. The van der Waals surface area contributed by atoms with E-state index in [1.54, 1.807) is 36.2 Å². The molecule has 0 saturated carbocycles. The van der Waals surface area contributed by atoms with Gasteiger partial charge in [0, 0.05) is 24.8 Å². The molecule has 86 valence electrons. The molecule has 0 spiro atoms. The van der Waals surface area contributed by atoms with Crippen molar-refractivity contribution in [3.05, 3.63) is 29.8 Å². The van der Waals surface area contributed by atoms with Crippen molar-refractivity contribution in [2.24, 2.45) is 0 Å². The lowest BCUT2D eigenvalue weighted by molar-refractivity contribution is 0.101. The van der Waals surface area contributed by atoms with E-state index in [2.05, 4.69) is 5.32 Å².